The lowest BCUT2D eigenvalue weighted by molar-refractivity contribution is -0.122. The van der Waals surface area contributed by atoms with Crippen molar-refractivity contribution < 1.29 is 28.6 Å². The number of carbonyl (C=O) groups is 3. The molecule has 2 aliphatic heterocycles. The summed E-state index contributed by atoms with van der Waals surface area (Å²) in [5.41, 5.74) is -1.00. The highest BCUT2D eigenvalue weighted by Gasteiger charge is 2.66. The van der Waals surface area contributed by atoms with Gasteiger partial charge in [0.05, 0.1) is 35.2 Å². The fraction of sp³-hybridized carbons (Fsp3) is 0.312. The van der Waals surface area contributed by atoms with E-state index in [2.05, 4.69) is 16.7 Å². The highest BCUT2D eigenvalue weighted by Crippen LogP contribution is 2.57. The molecule has 2 aliphatic rings. The minimum absolute atomic E-state index is 0.0124. The SMILES string of the molecule is COc1cc(C(=O)O)ccc1CC(=O)[C@@H]1N[C@@H](CC(C)(C)C#N)[C@@]2(C(=O)Nc3cc(Cl)ccc32)[C@H]1c1cccc(Cl)c1F. The third-order valence-electron chi connectivity index (χ3n) is 8.38. The van der Waals surface area contributed by atoms with E-state index in [0.717, 1.165) is 0 Å². The zero-order valence-electron chi connectivity index (χ0n) is 23.5. The van der Waals surface area contributed by atoms with E-state index in [1.54, 1.807) is 38.1 Å². The molecule has 0 aromatic heterocycles. The van der Waals surface area contributed by atoms with Gasteiger partial charge < -0.3 is 20.5 Å². The van der Waals surface area contributed by atoms with E-state index < -0.39 is 52.3 Å². The van der Waals surface area contributed by atoms with Crippen molar-refractivity contribution in [2.75, 3.05) is 12.4 Å². The first-order chi connectivity index (χ1) is 20.3. The van der Waals surface area contributed by atoms with Gasteiger partial charge in [0, 0.05) is 34.7 Å². The van der Waals surface area contributed by atoms with Crippen molar-refractivity contribution in [3.63, 3.8) is 0 Å². The third-order valence-corrected chi connectivity index (χ3v) is 8.91. The normalized spacial score (nSPS) is 22.6. The summed E-state index contributed by atoms with van der Waals surface area (Å²) in [6.45, 7) is 3.47. The molecule has 43 heavy (non-hydrogen) atoms. The molecule has 0 bridgehead atoms. The largest absolute Gasteiger partial charge is 0.496 e. The van der Waals surface area contributed by atoms with Gasteiger partial charge in [-0.25, -0.2) is 9.18 Å². The van der Waals surface area contributed by atoms with Gasteiger partial charge in [0.1, 0.15) is 17.0 Å². The molecule has 0 radical (unpaired) electrons. The Morgan fingerprint density at radius 2 is 1.91 bits per heavy atom. The lowest BCUT2D eigenvalue weighted by Crippen LogP contribution is -2.50. The van der Waals surface area contributed by atoms with Gasteiger partial charge in [-0.3, -0.25) is 9.59 Å². The van der Waals surface area contributed by atoms with Crippen LogP contribution >= 0.6 is 23.2 Å². The predicted molar refractivity (Wildman–Crippen MR) is 159 cm³/mol. The Bertz CT molecular complexity index is 1700. The number of rotatable bonds is 8. The average Bonchev–Trinajstić information content (AvgIpc) is 3.44. The van der Waals surface area contributed by atoms with Gasteiger partial charge >= 0.3 is 5.97 Å². The van der Waals surface area contributed by atoms with Gasteiger partial charge in [0.25, 0.3) is 0 Å². The Labute approximate surface area is 257 Å². The minimum Gasteiger partial charge on any atom is -0.496 e. The second kappa shape index (κ2) is 11.3. The summed E-state index contributed by atoms with van der Waals surface area (Å²) in [7, 11) is 1.37. The molecule has 0 saturated carbocycles. The van der Waals surface area contributed by atoms with E-state index in [0.29, 0.717) is 21.8 Å². The molecule has 1 fully saturated rings. The summed E-state index contributed by atoms with van der Waals surface area (Å²) in [6, 6.07) is 14.0. The summed E-state index contributed by atoms with van der Waals surface area (Å²) in [5.74, 6) is -3.64. The number of carboxylic acid groups (broad SMARTS) is 1. The van der Waals surface area contributed by atoms with Crippen LogP contribution in [0.5, 0.6) is 5.75 Å². The first-order valence-electron chi connectivity index (χ1n) is 13.5. The van der Waals surface area contributed by atoms with Gasteiger partial charge in [0.15, 0.2) is 5.78 Å². The average molecular weight is 624 g/mol. The fourth-order valence-corrected chi connectivity index (χ4v) is 6.82. The quantitative estimate of drug-likeness (QED) is 0.285. The van der Waals surface area contributed by atoms with Crippen LogP contribution in [0.25, 0.3) is 0 Å². The van der Waals surface area contributed by atoms with Crippen molar-refractivity contribution in [2.45, 2.75) is 50.1 Å². The highest BCUT2D eigenvalue weighted by molar-refractivity contribution is 6.31. The summed E-state index contributed by atoms with van der Waals surface area (Å²) in [5, 5.41) is 25.8. The standard InChI is InChI=1S/C32H28Cl2FN3O5/c1-31(2,15-36)14-25-32(20-10-9-18(33)13-22(20)37-30(32)42)26(19-5-4-6-21(34)27(19)35)28(38-25)23(39)11-16-7-8-17(29(40)41)12-24(16)43-3/h4-10,12-13,25-26,28,38H,11,14H2,1-3H3,(H,37,42)(H,40,41)/t25-,26-,28-,32+/m0/s1. The number of hydrogen-bond acceptors (Lipinski definition) is 6. The smallest absolute Gasteiger partial charge is 0.335 e. The first-order valence-corrected chi connectivity index (χ1v) is 14.2. The molecule has 0 unspecified atom stereocenters. The number of fused-ring (bicyclic) bond motifs is 2. The molecule has 1 saturated heterocycles. The first kappa shape index (κ1) is 30.5. The summed E-state index contributed by atoms with van der Waals surface area (Å²) in [4.78, 5) is 40.0. The van der Waals surface area contributed by atoms with Crippen LogP contribution < -0.4 is 15.4 Å². The maximum atomic E-state index is 15.9. The highest BCUT2D eigenvalue weighted by atomic mass is 35.5. The predicted octanol–water partition coefficient (Wildman–Crippen LogP) is 5.91. The van der Waals surface area contributed by atoms with Crippen LogP contribution in [-0.4, -0.2) is 42.0 Å². The van der Waals surface area contributed by atoms with Crippen LogP contribution in [0, 0.1) is 22.6 Å². The lowest BCUT2D eigenvalue weighted by atomic mass is 9.62. The van der Waals surface area contributed by atoms with Crippen molar-refractivity contribution >= 4 is 46.5 Å². The number of carboxylic acids is 1. The molecular formula is C32H28Cl2FN3O5. The van der Waals surface area contributed by atoms with Crippen molar-refractivity contribution in [3.05, 3.63) is 92.7 Å². The number of methoxy groups -OCH3 is 1. The molecule has 11 heteroatoms. The molecule has 3 aromatic carbocycles. The van der Waals surface area contributed by atoms with Gasteiger partial charge in [-0.1, -0.05) is 47.5 Å². The second-order valence-electron chi connectivity index (χ2n) is 11.5. The van der Waals surface area contributed by atoms with Gasteiger partial charge in [0.2, 0.25) is 5.91 Å². The molecule has 3 N–H and O–H groups in total. The van der Waals surface area contributed by atoms with E-state index in [1.165, 1.54) is 37.4 Å². The Hall–Kier alpha value is -3.97. The number of nitrogens with zero attached hydrogens (tertiary/aromatic N) is 1. The number of benzene rings is 3. The Kier molecular flexibility index (Phi) is 7.99. The summed E-state index contributed by atoms with van der Waals surface area (Å²) < 4.78 is 21.3. The number of Topliss-reactive ketones (excluding diaryl/α,β-unsaturated/α-hetero) is 1. The van der Waals surface area contributed by atoms with Crippen LogP contribution in [0.2, 0.25) is 10.0 Å². The van der Waals surface area contributed by atoms with Crippen molar-refractivity contribution in [2.24, 2.45) is 5.41 Å². The number of amides is 1. The van der Waals surface area contributed by atoms with Gasteiger partial charge in [-0.2, -0.15) is 5.26 Å². The Morgan fingerprint density at radius 3 is 2.58 bits per heavy atom. The molecular weight excluding hydrogens is 596 g/mol. The van der Waals surface area contributed by atoms with Crippen LogP contribution in [0.4, 0.5) is 10.1 Å². The molecule has 5 rings (SSSR count). The van der Waals surface area contributed by atoms with Crippen molar-refractivity contribution in [1.82, 2.24) is 5.32 Å². The number of hydrogen-bond donors (Lipinski definition) is 3. The second-order valence-corrected chi connectivity index (χ2v) is 12.3. The van der Waals surface area contributed by atoms with Crippen LogP contribution in [0.1, 0.15) is 53.2 Å². The number of anilines is 1. The van der Waals surface area contributed by atoms with Crippen LogP contribution in [0.15, 0.2) is 54.6 Å². The number of ketones is 1. The van der Waals surface area contributed by atoms with Gasteiger partial charge in [-0.05, 0) is 61.7 Å². The third kappa shape index (κ3) is 5.14. The minimum atomic E-state index is -1.52. The van der Waals surface area contributed by atoms with E-state index in [1.807, 2.05) is 0 Å². The molecule has 3 aromatic rings. The monoisotopic (exact) mass is 623 g/mol. The molecule has 0 aliphatic carbocycles. The van der Waals surface area contributed by atoms with E-state index in [9.17, 15) is 24.8 Å². The molecule has 222 valence electrons. The number of aromatic carboxylic acids is 1. The lowest BCUT2D eigenvalue weighted by Gasteiger charge is -2.37. The van der Waals surface area contributed by atoms with E-state index in [4.69, 9.17) is 27.9 Å². The summed E-state index contributed by atoms with van der Waals surface area (Å²) >= 11 is 12.5. The zero-order chi connectivity index (χ0) is 31.3. The zero-order valence-corrected chi connectivity index (χ0v) is 25.0. The number of nitriles is 1. The van der Waals surface area contributed by atoms with Crippen LogP contribution in [0.3, 0.4) is 0 Å². The maximum absolute atomic E-state index is 15.9. The van der Waals surface area contributed by atoms with E-state index in [-0.39, 0.29) is 34.7 Å². The Morgan fingerprint density at radius 1 is 1.16 bits per heavy atom. The van der Waals surface area contributed by atoms with E-state index >= 15 is 4.39 Å². The fourth-order valence-electron chi connectivity index (χ4n) is 6.47. The maximum Gasteiger partial charge on any atom is 0.335 e. The van der Waals surface area contributed by atoms with Crippen molar-refractivity contribution in [3.8, 4) is 11.8 Å². The number of halogens is 3. The van der Waals surface area contributed by atoms with Crippen molar-refractivity contribution in [1.29, 1.82) is 5.26 Å². The van der Waals surface area contributed by atoms with Gasteiger partial charge in [-0.15, -0.1) is 0 Å². The number of nitrogens with one attached hydrogen (secondary N) is 2. The molecule has 2 heterocycles. The summed E-state index contributed by atoms with van der Waals surface area (Å²) in [6.07, 6.45) is -0.0585. The molecule has 1 amide bonds. The number of ether oxygens (including phenoxy) is 1. The molecule has 1 spiro atoms. The van der Waals surface area contributed by atoms with Crippen LogP contribution in [-0.2, 0) is 21.4 Å². The molecule has 4 atom stereocenters. The molecule has 8 nitrogen and oxygen atoms in total. The number of carbonyl (C=O) groups excluding carboxylic acids is 2. The Balaban J connectivity index is 1.71. The topological polar surface area (TPSA) is 129 Å².